The summed E-state index contributed by atoms with van der Waals surface area (Å²) in [6.45, 7) is 3.80. The Kier molecular flexibility index (Phi) is 4.35. The summed E-state index contributed by atoms with van der Waals surface area (Å²) in [5.41, 5.74) is 5.31. The number of rotatable bonds is 3. The van der Waals surface area contributed by atoms with Crippen molar-refractivity contribution in [2.45, 2.75) is 13.8 Å². The lowest BCUT2D eigenvalue weighted by Gasteiger charge is -2.02. The number of hydrazone groups is 1. The number of nitrogens with one attached hydrogen (secondary N) is 1. The van der Waals surface area contributed by atoms with Gasteiger partial charge >= 0.3 is 0 Å². The highest BCUT2D eigenvalue weighted by atomic mass is 35.5. The van der Waals surface area contributed by atoms with Crippen LogP contribution in [0.25, 0.3) is 0 Å². The fraction of sp³-hybridized carbons (Fsp3) is 0.154. The summed E-state index contributed by atoms with van der Waals surface area (Å²) in [7, 11) is 0. The minimum absolute atomic E-state index is 0.457. The highest BCUT2D eigenvalue weighted by Crippen LogP contribution is 2.19. The predicted octanol–water partition coefficient (Wildman–Crippen LogP) is 3.85. The normalized spacial score (nSPS) is 10.9. The van der Waals surface area contributed by atoms with Gasteiger partial charge in [-0.05, 0) is 32.0 Å². The molecule has 0 aliphatic carbocycles. The van der Waals surface area contributed by atoms with Crippen LogP contribution in [0, 0.1) is 13.8 Å². The van der Waals surface area contributed by atoms with Crippen LogP contribution in [0.15, 0.2) is 29.4 Å². The first-order valence-corrected chi connectivity index (χ1v) is 6.36. The molecule has 4 nitrogen and oxygen atoms in total. The number of aromatic nitrogens is 2. The second kappa shape index (κ2) is 5.99. The van der Waals surface area contributed by atoms with Gasteiger partial charge < -0.3 is 0 Å². The molecule has 0 saturated carbocycles. The first-order chi connectivity index (χ1) is 9.04. The van der Waals surface area contributed by atoms with E-state index < -0.39 is 0 Å². The van der Waals surface area contributed by atoms with Gasteiger partial charge in [-0.25, -0.2) is 15.4 Å². The lowest BCUT2D eigenvalue weighted by molar-refractivity contribution is 1.04. The zero-order valence-electron chi connectivity index (χ0n) is 10.5. The molecule has 0 amide bonds. The molecular weight excluding hydrogens is 283 g/mol. The molecule has 6 heteroatoms. The van der Waals surface area contributed by atoms with Crippen LogP contribution < -0.4 is 5.43 Å². The summed E-state index contributed by atoms with van der Waals surface area (Å²) in [4.78, 5) is 8.42. The van der Waals surface area contributed by atoms with Crippen molar-refractivity contribution in [2.24, 2.45) is 5.10 Å². The molecule has 1 aromatic carbocycles. The number of nitrogens with zero attached hydrogens (tertiary/aromatic N) is 3. The first kappa shape index (κ1) is 13.8. The van der Waals surface area contributed by atoms with Gasteiger partial charge in [-0.15, -0.1) is 0 Å². The van der Waals surface area contributed by atoms with E-state index in [1.165, 1.54) is 0 Å². The van der Waals surface area contributed by atoms with Crippen molar-refractivity contribution in [3.05, 3.63) is 51.3 Å². The minimum atomic E-state index is 0.457. The standard InChI is InChI=1S/C13H12Cl2N4/c1-8-5-9(2)18-13(17-8)19-16-7-10-3-4-11(14)6-12(10)15/h3-7H,1-2H3,(H,17,18,19). The lowest BCUT2D eigenvalue weighted by Crippen LogP contribution is -1.99. The van der Waals surface area contributed by atoms with E-state index in [-0.39, 0.29) is 0 Å². The zero-order valence-corrected chi connectivity index (χ0v) is 12.0. The average molecular weight is 295 g/mol. The van der Waals surface area contributed by atoms with E-state index in [9.17, 15) is 0 Å². The third kappa shape index (κ3) is 3.91. The average Bonchev–Trinajstić information content (AvgIpc) is 2.30. The van der Waals surface area contributed by atoms with Gasteiger partial charge in [0.15, 0.2) is 0 Å². The molecule has 0 bridgehead atoms. The summed E-state index contributed by atoms with van der Waals surface area (Å²) < 4.78 is 0. The minimum Gasteiger partial charge on any atom is -0.245 e. The van der Waals surface area contributed by atoms with Gasteiger partial charge in [-0.1, -0.05) is 29.3 Å². The maximum Gasteiger partial charge on any atom is 0.243 e. The number of anilines is 1. The number of halogens is 2. The van der Waals surface area contributed by atoms with Crippen LogP contribution in [0.2, 0.25) is 10.0 Å². The van der Waals surface area contributed by atoms with Crippen molar-refractivity contribution in [3.8, 4) is 0 Å². The first-order valence-electron chi connectivity index (χ1n) is 5.61. The maximum absolute atomic E-state index is 6.03. The lowest BCUT2D eigenvalue weighted by atomic mass is 10.2. The molecule has 0 radical (unpaired) electrons. The fourth-order valence-corrected chi connectivity index (χ4v) is 2.00. The molecule has 0 aliphatic rings. The van der Waals surface area contributed by atoms with Gasteiger partial charge in [0, 0.05) is 22.0 Å². The molecule has 1 heterocycles. The summed E-state index contributed by atoms with van der Waals surface area (Å²) in [6.07, 6.45) is 1.60. The SMILES string of the molecule is Cc1cc(C)nc(NN=Cc2ccc(Cl)cc2Cl)n1. The Morgan fingerprint density at radius 1 is 1.11 bits per heavy atom. The molecule has 0 unspecified atom stereocenters. The van der Waals surface area contributed by atoms with Gasteiger partial charge in [-0.3, -0.25) is 0 Å². The number of hydrogen-bond donors (Lipinski definition) is 1. The molecule has 19 heavy (non-hydrogen) atoms. The molecule has 1 N–H and O–H groups in total. The molecule has 0 aliphatic heterocycles. The predicted molar refractivity (Wildman–Crippen MR) is 79.2 cm³/mol. The number of hydrogen-bond acceptors (Lipinski definition) is 4. The molecule has 98 valence electrons. The third-order valence-corrected chi connectivity index (χ3v) is 2.88. The Balaban J connectivity index is 2.11. The molecule has 0 atom stereocenters. The highest BCUT2D eigenvalue weighted by Gasteiger charge is 1.99. The van der Waals surface area contributed by atoms with Crippen LogP contribution in [0.3, 0.4) is 0 Å². The Bertz CT molecular complexity index is 606. The largest absolute Gasteiger partial charge is 0.245 e. The quantitative estimate of drug-likeness (QED) is 0.691. The molecule has 0 fully saturated rings. The van der Waals surface area contributed by atoms with E-state index >= 15 is 0 Å². The molecular formula is C13H12Cl2N4. The van der Waals surface area contributed by atoms with Crippen LogP contribution in [0.5, 0.6) is 0 Å². The molecule has 2 rings (SSSR count). The van der Waals surface area contributed by atoms with Gasteiger partial charge in [0.1, 0.15) is 0 Å². The van der Waals surface area contributed by atoms with Gasteiger partial charge in [0.2, 0.25) is 5.95 Å². The smallest absolute Gasteiger partial charge is 0.243 e. The third-order valence-electron chi connectivity index (χ3n) is 2.31. The van der Waals surface area contributed by atoms with E-state index in [1.807, 2.05) is 19.9 Å². The van der Waals surface area contributed by atoms with Gasteiger partial charge in [-0.2, -0.15) is 5.10 Å². The fourth-order valence-electron chi connectivity index (χ4n) is 1.54. The van der Waals surface area contributed by atoms with Crippen LogP contribution in [0.4, 0.5) is 5.95 Å². The van der Waals surface area contributed by atoms with Crippen LogP contribution in [-0.2, 0) is 0 Å². The van der Waals surface area contributed by atoms with Crippen molar-refractivity contribution >= 4 is 35.4 Å². The Hall–Kier alpha value is -1.65. The molecule has 1 aromatic heterocycles. The van der Waals surface area contributed by atoms with E-state index in [0.717, 1.165) is 17.0 Å². The number of aryl methyl sites for hydroxylation is 2. The Labute approximate surface area is 121 Å². The molecule has 0 saturated heterocycles. The zero-order chi connectivity index (χ0) is 13.8. The Morgan fingerprint density at radius 3 is 2.42 bits per heavy atom. The monoisotopic (exact) mass is 294 g/mol. The van der Waals surface area contributed by atoms with Gasteiger partial charge in [0.25, 0.3) is 0 Å². The van der Waals surface area contributed by atoms with Crippen molar-refractivity contribution in [2.75, 3.05) is 5.43 Å². The van der Waals surface area contributed by atoms with Crippen LogP contribution in [-0.4, -0.2) is 16.2 Å². The van der Waals surface area contributed by atoms with Crippen molar-refractivity contribution in [1.82, 2.24) is 9.97 Å². The molecule has 0 spiro atoms. The number of benzene rings is 1. The second-order valence-electron chi connectivity index (χ2n) is 4.01. The maximum atomic E-state index is 6.03. The van der Waals surface area contributed by atoms with Crippen LogP contribution >= 0.6 is 23.2 Å². The van der Waals surface area contributed by atoms with Crippen LogP contribution in [0.1, 0.15) is 17.0 Å². The topological polar surface area (TPSA) is 50.2 Å². The van der Waals surface area contributed by atoms with E-state index in [0.29, 0.717) is 16.0 Å². The van der Waals surface area contributed by atoms with E-state index in [2.05, 4.69) is 20.5 Å². The van der Waals surface area contributed by atoms with E-state index in [4.69, 9.17) is 23.2 Å². The Morgan fingerprint density at radius 2 is 1.79 bits per heavy atom. The van der Waals surface area contributed by atoms with E-state index in [1.54, 1.807) is 24.4 Å². The van der Waals surface area contributed by atoms with Crippen molar-refractivity contribution < 1.29 is 0 Å². The molecule has 2 aromatic rings. The summed E-state index contributed by atoms with van der Waals surface area (Å²) >= 11 is 11.8. The summed E-state index contributed by atoms with van der Waals surface area (Å²) in [5, 5.41) is 5.19. The summed E-state index contributed by atoms with van der Waals surface area (Å²) in [5.74, 6) is 0.457. The highest BCUT2D eigenvalue weighted by molar-refractivity contribution is 6.36. The summed E-state index contributed by atoms with van der Waals surface area (Å²) in [6, 6.07) is 7.10. The second-order valence-corrected chi connectivity index (χ2v) is 4.85. The van der Waals surface area contributed by atoms with Gasteiger partial charge in [0.05, 0.1) is 11.2 Å². The van der Waals surface area contributed by atoms with Crippen molar-refractivity contribution in [1.29, 1.82) is 0 Å². The van der Waals surface area contributed by atoms with Crippen molar-refractivity contribution in [3.63, 3.8) is 0 Å².